The number of nitrogens with zero attached hydrogens (tertiary/aromatic N) is 1. The van der Waals surface area contributed by atoms with E-state index < -0.39 is 0 Å². The highest BCUT2D eigenvalue weighted by Gasteiger charge is 2.10. The summed E-state index contributed by atoms with van der Waals surface area (Å²) in [6.45, 7) is 4.36. The summed E-state index contributed by atoms with van der Waals surface area (Å²) >= 11 is 3.34. The van der Waals surface area contributed by atoms with Crippen LogP contribution in [0.3, 0.4) is 0 Å². The van der Waals surface area contributed by atoms with Crippen molar-refractivity contribution in [2.24, 2.45) is 5.92 Å². The molecule has 0 spiro atoms. The summed E-state index contributed by atoms with van der Waals surface area (Å²) in [5.74, 6) is 0.244. The van der Waals surface area contributed by atoms with Gasteiger partial charge in [0.2, 0.25) is 0 Å². The number of fused-ring (bicyclic) bond motifs is 1. The number of halogens is 1. The van der Waals surface area contributed by atoms with Crippen molar-refractivity contribution < 1.29 is 0 Å². The van der Waals surface area contributed by atoms with Crippen molar-refractivity contribution in [2.45, 2.75) is 20.4 Å². The number of aromatic nitrogens is 2. The van der Waals surface area contributed by atoms with Gasteiger partial charge in [-0.05, 0) is 34.0 Å². The fourth-order valence-corrected chi connectivity index (χ4v) is 2.32. The average Bonchev–Trinajstić information content (AvgIpc) is 2.23. The molecule has 1 aromatic carbocycles. The van der Waals surface area contributed by atoms with Crippen LogP contribution in [-0.4, -0.2) is 9.55 Å². The first-order chi connectivity index (χ1) is 8.00. The van der Waals surface area contributed by atoms with Crippen molar-refractivity contribution in [3.8, 4) is 0 Å². The Morgan fingerprint density at radius 1 is 1.35 bits per heavy atom. The minimum atomic E-state index is -0.352. The third-order valence-electron chi connectivity index (χ3n) is 2.51. The standard InChI is InChI=1S/C12H13BrN2O2/c1-7(2)6-15-11(16)10-8(13)4-3-5-9(10)14-12(15)17/h3-5,7H,6H2,1-2H3,(H,14,17). The van der Waals surface area contributed by atoms with E-state index in [-0.39, 0.29) is 17.2 Å². The summed E-state index contributed by atoms with van der Waals surface area (Å²) in [5.41, 5.74) is -0.0337. The van der Waals surface area contributed by atoms with E-state index in [1.165, 1.54) is 4.57 Å². The molecule has 0 atom stereocenters. The number of rotatable bonds is 2. The van der Waals surface area contributed by atoms with Crippen molar-refractivity contribution in [3.63, 3.8) is 0 Å². The van der Waals surface area contributed by atoms with Crippen molar-refractivity contribution in [1.82, 2.24) is 9.55 Å². The Bertz CT molecular complexity index is 670. The van der Waals surface area contributed by atoms with E-state index >= 15 is 0 Å². The second-order valence-corrected chi connectivity index (χ2v) is 5.26. The van der Waals surface area contributed by atoms with Crippen LogP contribution >= 0.6 is 15.9 Å². The number of nitrogens with one attached hydrogen (secondary N) is 1. The molecular weight excluding hydrogens is 284 g/mol. The summed E-state index contributed by atoms with van der Waals surface area (Å²) < 4.78 is 1.95. The molecule has 0 aliphatic heterocycles. The molecule has 17 heavy (non-hydrogen) atoms. The van der Waals surface area contributed by atoms with Crippen LogP contribution in [0.5, 0.6) is 0 Å². The molecule has 0 bridgehead atoms. The molecule has 90 valence electrons. The van der Waals surface area contributed by atoms with Crippen LogP contribution in [0.1, 0.15) is 13.8 Å². The zero-order chi connectivity index (χ0) is 12.6. The minimum absolute atomic E-state index is 0.244. The Kier molecular flexibility index (Phi) is 3.19. The van der Waals surface area contributed by atoms with Crippen LogP contribution in [-0.2, 0) is 6.54 Å². The molecule has 0 aliphatic carbocycles. The Morgan fingerprint density at radius 3 is 2.71 bits per heavy atom. The lowest BCUT2D eigenvalue weighted by atomic mass is 10.2. The summed E-state index contributed by atoms with van der Waals surface area (Å²) in [6.07, 6.45) is 0. The first kappa shape index (κ1) is 12.1. The van der Waals surface area contributed by atoms with Crippen LogP contribution in [0.4, 0.5) is 0 Å². The highest BCUT2D eigenvalue weighted by atomic mass is 79.9. The molecule has 2 aromatic rings. The van der Waals surface area contributed by atoms with E-state index in [0.29, 0.717) is 21.9 Å². The van der Waals surface area contributed by atoms with Crippen molar-refractivity contribution >= 4 is 26.8 Å². The topological polar surface area (TPSA) is 54.9 Å². The summed E-state index contributed by atoms with van der Waals surface area (Å²) in [4.78, 5) is 26.7. The largest absolute Gasteiger partial charge is 0.328 e. The van der Waals surface area contributed by atoms with E-state index in [1.807, 2.05) is 13.8 Å². The predicted octanol–water partition coefficient (Wildman–Crippen LogP) is 2.11. The van der Waals surface area contributed by atoms with E-state index in [1.54, 1.807) is 18.2 Å². The van der Waals surface area contributed by atoms with E-state index in [2.05, 4.69) is 20.9 Å². The quantitative estimate of drug-likeness (QED) is 0.923. The van der Waals surface area contributed by atoms with Gasteiger partial charge in [-0.15, -0.1) is 0 Å². The van der Waals surface area contributed by atoms with E-state index in [4.69, 9.17) is 0 Å². The molecule has 0 radical (unpaired) electrons. The van der Waals surface area contributed by atoms with Crippen LogP contribution < -0.4 is 11.2 Å². The molecule has 0 fully saturated rings. The van der Waals surface area contributed by atoms with Crippen LogP contribution in [0.2, 0.25) is 0 Å². The molecule has 0 aliphatic rings. The highest BCUT2D eigenvalue weighted by molar-refractivity contribution is 9.10. The van der Waals surface area contributed by atoms with Gasteiger partial charge in [0.15, 0.2) is 0 Å². The van der Waals surface area contributed by atoms with Gasteiger partial charge in [-0.25, -0.2) is 4.79 Å². The molecule has 0 saturated heterocycles. The lowest BCUT2D eigenvalue weighted by Gasteiger charge is -2.09. The van der Waals surface area contributed by atoms with Gasteiger partial charge < -0.3 is 4.98 Å². The fourth-order valence-electron chi connectivity index (χ4n) is 1.79. The van der Waals surface area contributed by atoms with Gasteiger partial charge in [0.25, 0.3) is 5.56 Å². The minimum Gasteiger partial charge on any atom is -0.307 e. The normalized spacial score (nSPS) is 11.3. The number of hydrogen-bond acceptors (Lipinski definition) is 2. The first-order valence-electron chi connectivity index (χ1n) is 5.42. The molecule has 1 N–H and O–H groups in total. The monoisotopic (exact) mass is 296 g/mol. The summed E-state index contributed by atoms with van der Waals surface area (Å²) in [6, 6.07) is 5.30. The number of aromatic amines is 1. The maximum atomic E-state index is 12.2. The van der Waals surface area contributed by atoms with Crippen LogP contribution in [0, 0.1) is 5.92 Å². The molecule has 5 heteroatoms. The smallest absolute Gasteiger partial charge is 0.307 e. The molecule has 0 saturated carbocycles. The third kappa shape index (κ3) is 2.20. The highest BCUT2D eigenvalue weighted by Crippen LogP contribution is 2.17. The number of H-pyrrole nitrogens is 1. The van der Waals surface area contributed by atoms with Crippen LogP contribution in [0.25, 0.3) is 10.9 Å². The van der Waals surface area contributed by atoms with Gasteiger partial charge >= 0.3 is 5.69 Å². The zero-order valence-corrected chi connectivity index (χ0v) is 11.2. The Balaban J connectivity index is 2.84. The van der Waals surface area contributed by atoms with Crippen molar-refractivity contribution in [3.05, 3.63) is 43.5 Å². The lowest BCUT2D eigenvalue weighted by molar-refractivity contribution is 0.496. The van der Waals surface area contributed by atoms with Crippen molar-refractivity contribution in [2.75, 3.05) is 0 Å². The fraction of sp³-hybridized carbons (Fsp3) is 0.333. The third-order valence-corrected chi connectivity index (χ3v) is 3.17. The zero-order valence-electron chi connectivity index (χ0n) is 9.66. The lowest BCUT2D eigenvalue weighted by Crippen LogP contribution is -2.36. The number of benzene rings is 1. The van der Waals surface area contributed by atoms with Crippen LogP contribution in [0.15, 0.2) is 32.3 Å². The SMILES string of the molecule is CC(C)Cn1c(=O)[nH]c2cccc(Br)c2c1=O. The van der Waals surface area contributed by atoms with Gasteiger partial charge in [0.05, 0.1) is 10.9 Å². The average molecular weight is 297 g/mol. The Hall–Kier alpha value is -1.36. The summed E-state index contributed by atoms with van der Waals surface area (Å²) in [7, 11) is 0. The molecule has 0 unspecified atom stereocenters. The van der Waals surface area contributed by atoms with Gasteiger partial charge in [-0.1, -0.05) is 19.9 Å². The van der Waals surface area contributed by atoms with Gasteiger partial charge in [-0.3, -0.25) is 9.36 Å². The Morgan fingerprint density at radius 2 is 2.06 bits per heavy atom. The van der Waals surface area contributed by atoms with E-state index in [0.717, 1.165) is 0 Å². The van der Waals surface area contributed by atoms with E-state index in [9.17, 15) is 9.59 Å². The maximum Gasteiger partial charge on any atom is 0.328 e. The molecular formula is C12H13BrN2O2. The number of hydrogen-bond donors (Lipinski definition) is 1. The van der Waals surface area contributed by atoms with Gasteiger partial charge in [0, 0.05) is 11.0 Å². The van der Waals surface area contributed by atoms with Crippen molar-refractivity contribution in [1.29, 1.82) is 0 Å². The maximum absolute atomic E-state index is 12.2. The summed E-state index contributed by atoms with van der Waals surface area (Å²) in [5, 5.41) is 0.521. The first-order valence-corrected chi connectivity index (χ1v) is 6.21. The second kappa shape index (κ2) is 4.49. The van der Waals surface area contributed by atoms with Gasteiger partial charge in [-0.2, -0.15) is 0 Å². The molecule has 1 aromatic heterocycles. The molecule has 1 heterocycles. The second-order valence-electron chi connectivity index (χ2n) is 4.40. The molecule has 2 rings (SSSR count). The Labute approximate surface area is 106 Å². The predicted molar refractivity (Wildman–Crippen MR) is 71.4 cm³/mol. The van der Waals surface area contributed by atoms with Gasteiger partial charge in [0.1, 0.15) is 0 Å². The molecule has 4 nitrogen and oxygen atoms in total. The molecule has 0 amide bonds.